The zero-order valence-electron chi connectivity index (χ0n) is 11.1. The quantitative estimate of drug-likeness (QED) is 0.750. The molecule has 1 aromatic rings. The van der Waals surface area contributed by atoms with Gasteiger partial charge in [-0.05, 0) is 37.3 Å². The molecule has 2 atom stereocenters. The van der Waals surface area contributed by atoms with Crippen molar-refractivity contribution in [3.05, 3.63) is 22.4 Å². The molecule has 0 aromatic carbocycles. The van der Waals surface area contributed by atoms with Crippen LogP contribution in [0.1, 0.15) is 30.2 Å². The monoisotopic (exact) mass is 297 g/mol. The van der Waals surface area contributed by atoms with E-state index < -0.39 is 18.0 Å². The molecule has 20 heavy (non-hydrogen) atoms. The van der Waals surface area contributed by atoms with Crippen molar-refractivity contribution in [1.29, 1.82) is 0 Å². The summed E-state index contributed by atoms with van der Waals surface area (Å²) < 4.78 is 0. The Morgan fingerprint density at radius 2 is 2.40 bits per heavy atom. The van der Waals surface area contributed by atoms with Crippen molar-refractivity contribution in [2.45, 2.75) is 31.4 Å². The molecule has 110 valence electrons. The summed E-state index contributed by atoms with van der Waals surface area (Å²) in [6.07, 6.45) is 2.04. The zero-order valence-corrected chi connectivity index (χ0v) is 11.9. The van der Waals surface area contributed by atoms with Gasteiger partial charge in [0.1, 0.15) is 0 Å². The highest BCUT2D eigenvalue weighted by Gasteiger charge is 2.28. The molecular weight excluding hydrogens is 278 g/mol. The average Bonchev–Trinajstić information content (AvgIpc) is 3.00. The highest BCUT2D eigenvalue weighted by molar-refractivity contribution is 7.10. The van der Waals surface area contributed by atoms with Crippen LogP contribution in [0.4, 0.5) is 4.79 Å². The lowest BCUT2D eigenvalue weighted by Gasteiger charge is -2.25. The number of thiophene rings is 1. The van der Waals surface area contributed by atoms with E-state index in [1.54, 1.807) is 0 Å². The summed E-state index contributed by atoms with van der Waals surface area (Å²) in [6.45, 7) is 0.943. The van der Waals surface area contributed by atoms with E-state index in [1.807, 2.05) is 22.4 Å². The van der Waals surface area contributed by atoms with Gasteiger partial charge in [0.15, 0.2) is 0 Å². The fourth-order valence-corrected chi connectivity index (χ4v) is 3.31. The van der Waals surface area contributed by atoms with Crippen LogP contribution in [-0.2, 0) is 4.79 Å². The van der Waals surface area contributed by atoms with Crippen LogP contribution in [0.3, 0.4) is 0 Å². The number of urea groups is 1. The first-order valence-corrected chi connectivity index (χ1v) is 7.49. The van der Waals surface area contributed by atoms with Gasteiger partial charge >= 0.3 is 6.03 Å². The van der Waals surface area contributed by atoms with Gasteiger partial charge in [0.25, 0.3) is 0 Å². The second-order valence-corrected chi connectivity index (χ2v) is 5.93. The molecule has 0 saturated carbocycles. The summed E-state index contributed by atoms with van der Waals surface area (Å²) in [7, 11) is 0. The minimum atomic E-state index is -0.829. The maximum atomic E-state index is 11.6. The SMILES string of the molecule is NC(=O)NC(=O)CN1CCC[C@@H]1C[C@@H](O)c1cccs1. The predicted molar refractivity (Wildman–Crippen MR) is 76.2 cm³/mol. The number of nitrogens with two attached hydrogens (primary N) is 1. The number of primary amides is 1. The van der Waals surface area contributed by atoms with E-state index in [0.29, 0.717) is 6.42 Å². The lowest BCUT2D eigenvalue weighted by atomic mass is 10.1. The number of likely N-dealkylation sites (tertiary alicyclic amines) is 1. The number of amides is 3. The molecule has 4 N–H and O–H groups in total. The molecule has 2 rings (SSSR count). The van der Waals surface area contributed by atoms with Crippen molar-refractivity contribution < 1.29 is 14.7 Å². The third kappa shape index (κ3) is 4.03. The van der Waals surface area contributed by atoms with E-state index in [0.717, 1.165) is 24.3 Å². The van der Waals surface area contributed by atoms with Gasteiger partial charge in [0.2, 0.25) is 5.91 Å². The predicted octanol–water partition coefficient (Wildman–Crippen LogP) is 0.831. The fraction of sp³-hybridized carbons (Fsp3) is 0.538. The molecule has 1 aliphatic heterocycles. The van der Waals surface area contributed by atoms with Crippen molar-refractivity contribution in [2.75, 3.05) is 13.1 Å². The molecule has 0 aliphatic carbocycles. The molecule has 2 heterocycles. The second kappa shape index (κ2) is 6.83. The number of aliphatic hydroxyl groups is 1. The summed E-state index contributed by atoms with van der Waals surface area (Å²) in [5.41, 5.74) is 4.92. The summed E-state index contributed by atoms with van der Waals surface area (Å²) in [5.74, 6) is -0.394. The first kappa shape index (κ1) is 15.0. The number of imide groups is 1. The lowest BCUT2D eigenvalue weighted by molar-refractivity contribution is -0.121. The van der Waals surface area contributed by atoms with Gasteiger partial charge in [0, 0.05) is 10.9 Å². The van der Waals surface area contributed by atoms with Crippen LogP contribution in [0.2, 0.25) is 0 Å². The van der Waals surface area contributed by atoms with Crippen LogP contribution < -0.4 is 11.1 Å². The average molecular weight is 297 g/mol. The van der Waals surface area contributed by atoms with Gasteiger partial charge in [-0.15, -0.1) is 11.3 Å². The Kier molecular flexibility index (Phi) is 5.11. The van der Waals surface area contributed by atoms with Crippen molar-refractivity contribution in [1.82, 2.24) is 10.2 Å². The third-order valence-electron chi connectivity index (χ3n) is 3.48. The summed E-state index contributed by atoms with van der Waals surface area (Å²) in [4.78, 5) is 25.1. The molecule has 1 aliphatic rings. The van der Waals surface area contributed by atoms with Gasteiger partial charge in [0.05, 0.1) is 12.6 Å². The molecule has 3 amide bonds. The summed E-state index contributed by atoms with van der Waals surface area (Å²) in [6, 6.07) is 3.15. The standard InChI is InChI=1S/C13H19N3O3S/c14-13(19)15-12(18)8-16-5-1-3-9(16)7-10(17)11-4-2-6-20-11/h2,4,6,9-10,17H,1,3,5,7-8H2,(H3,14,15,18,19)/t9-,10-/m1/s1. The van der Waals surface area contributed by atoms with Gasteiger partial charge in [-0.3, -0.25) is 15.0 Å². The van der Waals surface area contributed by atoms with E-state index in [4.69, 9.17) is 5.73 Å². The Morgan fingerprint density at radius 1 is 1.60 bits per heavy atom. The van der Waals surface area contributed by atoms with Gasteiger partial charge < -0.3 is 10.8 Å². The highest BCUT2D eigenvalue weighted by Crippen LogP contribution is 2.29. The van der Waals surface area contributed by atoms with E-state index in [2.05, 4.69) is 5.32 Å². The Morgan fingerprint density at radius 3 is 3.05 bits per heavy atom. The van der Waals surface area contributed by atoms with E-state index in [1.165, 1.54) is 11.3 Å². The first-order valence-electron chi connectivity index (χ1n) is 6.61. The molecule has 1 fully saturated rings. The molecule has 0 radical (unpaired) electrons. The molecule has 0 unspecified atom stereocenters. The molecule has 1 saturated heterocycles. The smallest absolute Gasteiger partial charge is 0.318 e. The normalized spacial score (nSPS) is 20.8. The van der Waals surface area contributed by atoms with Gasteiger partial charge in [-0.25, -0.2) is 4.79 Å². The minimum absolute atomic E-state index is 0.144. The topological polar surface area (TPSA) is 95.7 Å². The number of rotatable bonds is 5. The van der Waals surface area contributed by atoms with Crippen LogP contribution in [0.15, 0.2) is 17.5 Å². The largest absolute Gasteiger partial charge is 0.388 e. The van der Waals surface area contributed by atoms with Crippen LogP contribution >= 0.6 is 11.3 Å². The number of hydrogen-bond donors (Lipinski definition) is 3. The van der Waals surface area contributed by atoms with Crippen LogP contribution in [0.5, 0.6) is 0 Å². The third-order valence-corrected chi connectivity index (χ3v) is 4.45. The lowest BCUT2D eigenvalue weighted by Crippen LogP contribution is -2.44. The molecule has 1 aromatic heterocycles. The summed E-state index contributed by atoms with van der Waals surface area (Å²) in [5, 5.41) is 14.2. The van der Waals surface area contributed by atoms with Crippen LogP contribution in [-0.4, -0.2) is 41.1 Å². The molecule has 7 heteroatoms. The number of nitrogens with zero attached hydrogens (tertiary/aromatic N) is 1. The highest BCUT2D eigenvalue weighted by atomic mass is 32.1. The maximum Gasteiger partial charge on any atom is 0.318 e. The molecule has 6 nitrogen and oxygen atoms in total. The van der Waals surface area contributed by atoms with E-state index in [9.17, 15) is 14.7 Å². The van der Waals surface area contributed by atoms with Crippen LogP contribution in [0.25, 0.3) is 0 Å². The zero-order chi connectivity index (χ0) is 14.5. The Labute approximate surface area is 121 Å². The van der Waals surface area contributed by atoms with Gasteiger partial charge in [-0.2, -0.15) is 0 Å². The second-order valence-electron chi connectivity index (χ2n) is 4.95. The number of aliphatic hydroxyl groups excluding tert-OH is 1. The fourth-order valence-electron chi connectivity index (χ4n) is 2.59. The molecule has 0 spiro atoms. The van der Waals surface area contributed by atoms with E-state index in [-0.39, 0.29) is 12.6 Å². The molecular formula is C13H19N3O3S. The van der Waals surface area contributed by atoms with E-state index >= 15 is 0 Å². The number of carbonyl (C=O) groups excluding carboxylic acids is 2. The van der Waals surface area contributed by atoms with Crippen molar-refractivity contribution in [3.8, 4) is 0 Å². The van der Waals surface area contributed by atoms with Crippen molar-refractivity contribution in [2.24, 2.45) is 5.73 Å². The Bertz CT molecular complexity index is 463. The first-order chi connectivity index (χ1) is 9.56. The Hall–Kier alpha value is -1.44. The number of carbonyl (C=O) groups is 2. The number of nitrogens with one attached hydrogen (secondary N) is 1. The number of hydrogen-bond acceptors (Lipinski definition) is 5. The van der Waals surface area contributed by atoms with Crippen molar-refractivity contribution >= 4 is 23.3 Å². The van der Waals surface area contributed by atoms with Gasteiger partial charge in [-0.1, -0.05) is 6.07 Å². The maximum absolute atomic E-state index is 11.6. The van der Waals surface area contributed by atoms with Crippen molar-refractivity contribution in [3.63, 3.8) is 0 Å². The Balaban J connectivity index is 1.87. The molecule has 0 bridgehead atoms. The van der Waals surface area contributed by atoms with Crippen LogP contribution in [0, 0.1) is 0 Å². The minimum Gasteiger partial charge on any atom is -0.388 e. The summed E-state index contributed by atoms with van der Waals surface area (Å²) >= 11 is 1.53.